The van der Waals surface area contributed by atoms with Crippen molar-refractivity contribution in [1.82, 2.24) is 25.3 Å². The van der Waals surface area contributed by atoms with Gasteiger partial charge in [-0.1, -0.05) is 66.2 Å². The molecule has 5 aromatic rings. The summed E-state index contributed by atoms with van der Waals surface area (Å²) in [5.74, 6) is 0.862. The van der Waals surface area contributed by atoms with Gasteiger partial charge in [0.1, 0.15) is 0 Å². The number of aromatic nitrogens is 4. The van der Waals surface area contributed by atoms with Crippen molar-refractivity contribution < 1.29 is 9.21 Å². The maximum Gasteiger partial charge on any atom is 0.247 e. The van der Waals surface area contributed by atoms with Gasteiger partial charge >= 0.3 is 0 Å². The number of nitrogens with zero attached hydrogens (tertiary/aromatic N) is 4. The van der Waals surface area contributed by atoms with Crippen molar-refractivity contribution in [3.63, 3.8) is 0 Å². The highest BCUT2D eigenvalue weighted by Crippen LogP contribution is 2.24. The maximum atomic E-state index is 12.5. The molecule has 0 radical (unpaired) electrons. The molecule has 7 nitrogen and oxygen atoms in total. The summed E-state index contributed by atoms with van der Waals surface area (Å²) in [6.45, 7) is 3.21. The number of carbonyl (C=O) groups is 1. The maximum absolute atomic E-state index is 12.5. The first-order valence-corrected chi connectivity index (χ1v) is 11.9. The van der Waals surface area contributed by atoms with Gasteiger partial charge in [0, 0.05) is 37.3 Å². The highest BCUT2D eigenvalue weighted by molar-refractivity contribution is 5.76. The van der Waals surface area contributed by atoms with E-state index in [9.17, 15) is 4.79 Å². The van der Waals surface area contributed by atoms with Crippen molar-refractivity contribution in [2.24, 2.45) is 0 Å². The lowest BCUT2D eigenvalue weighted by molar-refractivity contribution is -0.121. The Morgan fingerprint density at radius 1 is 0.917 bits per heavy atom. The van der Waals surface area contributed by atoms with Crippen LogP contribution in [-0.2, 0) is 24.3 Å². The standard InChI is InChI=1S/C29H27N5O2/c1-21-7-11-24(12-8-21)29-33-32-28(36-29)16-15-27(35)30-19-25-5-2-3-6-26(25)23-13-9-22(10-14-23)20-34-18-4-17-31-34/h2-14,17-18H,15-16,19-20H2,1H3,(H,30,35). The minimum atomic E-state index is -0.0607. The van der Waals surface area contributed by atoms with Crippen LogP contribution in [0, 0.1) is 6.92 Å². The molecular formula is C29H27N5O2. The van der Waals surface area contributed by atoms with Gasteiger partial charge in [-0.15, -0.1) is 10.2 Å². The number of hydrogen-bond donors (Lipinski definition) is 1. The van der Waals surface area contributed by atoms with Crippen LogP contribution in [0.3, 0.4) is 0 Å². The zero-order chi connectivity index (χ0) is 24.7. The third-order valence-electron chi connectivity index (χ3n) is 5.99. The summed E-state index contributed by atoms with van der Waals surface area (Å²) in [4.78, 5) is 12.5. The highest BCUT2D eigenvalue weighted by atomic mass is 16.4. The minimum absolute atomic E-state index is 0.0607. The van der Waals surface area contributed by atoms with Gasteiger partial charge in [-0.3, -0.25) is 9.48 Å². The predicted molar refractivity (Wildman–Crippen MR) is 138 cm³/mol. The van der Waals surface area contributed by atoms with Gasteiger partial charge in [-0.25, -0.2) is 0 Å². The lowest BCUT2D eigenvalue weighted by atomic mass is 9.98. The molecule has 0 bridgehead atoms. The summed E-state index contributed by atoms with van der Waals surface area (Å²) in [5, 5.41) is 15.5. The average Bonchev–Trinajstić information content (AvgIpc) is 3.60. The molecular weight excluding hydrogens is 450 g/mol. The summed E-state index contributed by atoms with van der Waals surface area (Å²) >= 11 is 0. The molecule has 36 heavy (non-hydrogen) atoms. The van der Waals surface area contributed by atoms with E-state index in [2.05, 4.69) is 50.9 Å². The van der Waals surface area contributed by atoms with Crippen molar-refractivity contribution >= 4 is 5.91 Å². The number of amides is 1. The van der Waals surface area contributed by atoms with Crippen LogP contribution in [0.4, 0.5) is 0 Å². The van der Waals surface area contributed by atoms with Gasteiger partial charge in [-0.2, -0.15) is 5.10 Å². The van der Waals surface area contributed by atoms with Crippen LogP contribution in [0.1, 0.15) is 29.0 Å². The van der Waals surface area contributed by atoms with Crippen molar-refractivity contribution in [3.05, 3.63) is 114 Å². The van der Waals surface area contributed by atoms with Crippen LogP contribution in [0.5, 0.6) is 0 Å². The Bertz CT molecular complexity index is 1420. The quantitative estimate of drug-likeness (QED) is 0.315. The van der Waals surface area contributed by atoms with E-state index in [0.29, 0.717) is 24.7 Å². The Morgan fingerprint density at radius 2 is 1.69 bits per heavy atom. The Hall–Kier alpha value is -4.52. The van der Waals surface area contributed by atoms with E-state index in [1.165, 1.54) is 11.1 Å². The SMILES string of the molecule is Cc1ccc(-c2nnc(CCC(=O)NCc3ccccc3-c3ccc(Cn4cccn4)cc3)o2)cc1. The van der Waals surface area contributed by atoms with Gasteiger partial charge < -0.3 is 9.73 Å². The molecule has 2 aromatic heterocycles. The second-order valence-electron chi connectivity index (χ2n) is 8.70. The van der Waals surface area contributed by atoms with Crippen molar-refractivity contribution in [3.8, 4) is 22.6 Å². The van der Waals surface area contributed by atoms with E-state index in [1.807, 2.05) is 66.3 Å². The van der Waals surface area contributed by atoms with Crippen LogP contribution >= 0.6 is 0 Å². The molecule has 0 atom stereocenters. The average molecular weight is 478 g/mol. The number of carbonyl (C=O) groups excluding carboxylic acids is 1. The first-order valence-electron chi connectivity index (χ1n) is 11.9. The summed E-state index contributed by atoms with van der Waals surface area (Å²) in [5.41, 5.74) is 6.49. The van der Waals surface area contributed by atoms with E-state index >= 15 is 0 Å². The van der Waals surface area contributed by atoms with Crippen LogP contribution in [-0.4, -0.2) is 25.9 Å². The molecule has 2 heterocycles. The summed E-state index contributed by atoms with van der Waals surface area (Å²) in [6.07, 6.45) is 4.40. The molecule has 7 heteroatoms. The fourth-order valence-corrected chi connectivity index (χ4v) is 4.00. The number of aryl methyl sites for hydroxylation is 2. The molecule has 0 saturated heterocycles. The van der Waals surface area contributed by atoms with E-state index in [1.54, 1.807) is 6.20 Å². The molecule has 0 unspecified atom stereocenters. The van der Waals surface area contributed by atoms with Crippen LogP contribution in [0.2, 0.25) is 0 Å². The van der Waals surface area contributed by atoms with Crippen molar-refractivity contribution in [2.45, 2.75) is 32.9 Å². The van der Waals surface area contributed by atoms with Gasteiger partial charge in [0.15, 0.2) is 0 Å². The van der Waals surface area contributed by atoms with Gasteiger partial charge in [0.05, 0.1) is 6.54 Å². The van der Waals surface area contributed by atoms with E-state index in [-0.39, 0.29) is 12.3 Å². The second-order valence-corrected chi connectivity index (χ2v) is 8.70. The molecule has 0 spiro atoms. The molecule has 1 N–H and O–H groups in total. The van der Waals surface area contributed by atoms with Gasteiger partial charge in [0.2, 0.25) is 17.7 Å². The lowest BCUT2D eigenvalue weighted by Crippen LogP contribution is -2.23. The number of rotatable bonds is 9. The summed E-state index contributed by atoms with van der Waals surface area (Å²) in [7, 11) is 0. The Balaban J connectivity index is 1.16. The summed E-state index contributed by atoms with van der Waals surface area (Å²) in [6, 6.07) is 26.4. The van der Waals surface area contributed by atoms with E-state index in [0.717, 1.165) is 28.8 Å². The van der Waals surface area contributed by atoms with Crippen molar-refractivity contribution in [2.75, 3.05) is 0 Å². The monoisotopic (exact) mass is 477 g/mol. The van der Waals surface area contributed by atoms with Gasteiger partial charge in [-0.05, 0) is 47.4 Å². The molecule has 0 aliphatic rings. The minimum Gasteiger partial charge on any atom is -0.421 e. The van der Waals surface area contributed by atoms with E-state index < -0.39 is 0 Å². The largest absolute Gasteiger partial charge is 0.421 e. The first-order chi connectivity index (χ1) is 17.6. The topological polar surface area (TPSA) is 85.8 Å². The molecule has 0 saturated carbocycles. The number of benzene rings is 3. The number of hydrogen-bond acceptors (Lipinski definition) is 5. The van der Waals surface area contributed by atoms with E-state index in [4.69, 9.17) is 4.42 Å². The molecule has 0 fully saturated rings. The molecule has 0 aliphatic heterocycles. The Kier molecular flexibility index (Phi) is 6.98. The molecule has 3 aromatic carbocycles. The Labute approximate surface area is 209 Å². The fourth-order valence-electron chi connectivity index (χ4n) is 4.00. The fraction of sp³-hybridized carbons (Fsp3) is 0.172. The van der Waals surface area contributed by atoms with Crippen LogP contribution < -0.4 is 5.32 Å². The van der Waals surface area contributed by atoms with Crippen LogP contribution in [0.25, 0.3) is 22.6 Å². The Morgan fingerprint density at radius 3 is 2.47 bits per heavy atom. The van der Waals surface area contributed by atoms with Gasteiger partial charge in [0.25, 0.3) is 0 Å². The molecule has 1 amide bonds. The first kappa shape index (κ1) is 23.2. The molecule has 5 rings (SSSR count). The highest BCUT2D eigenvalue weighted by Gasteiger charge is 2.12. The third-order valence-corrected chi connectivity index (χ3v) is 5.99. The zero-order valence-electron chi connectivity index (χ0n) is 20.1. The predicted octanol–water partition coefficient (Wildman–Crippen LogP) is 5.21. The zero-order valence-corrected chi connectivity index (χ0v) is 20.1. The summed E-state index contributed by atoms with van der Waals surface area (Å²) < 4.78 is 7.63. The smallest absolute Gasteiger partial charge is 0.247 e. The number of nitrogens with one attached hydrogen (secondary N) is 1. The normalized spacial score (nSPS) is 10.9. The van der Waals surface area contributed by atoms with Crippen molar-refractivity contribution in [1.29, 1.82) is 0 Å². The molecule has 0 aliphatic carbocycles. The second kappa shape index (κ2) is 10.8. The third kappa shape index (κ3) is 5.75. The molecule has 180 valence electrons. The van der Waals surface area contributed by atoms with Crippen LogP contribution in [0.15, 0.2) is 95.7 Å². The lowest BCUT2D eigenvalue weighted by Gasteiger charge is -2.12.